The van der Waals surface area contributed by atoms with Crippen molar-refractivity contribution in [2.75, 3.05) is 4.90 Å². The van der Waals surface area contributed by atoms with Gasteiger partial charge in [-0.3, -0.25) is 0 Å². The third kappa shape index (κ3) is 4.83. The number of oxazole rings is 1. The predicted octanol–water partition coefficient (Wildman–Crippen LogP) is 14.1. The van der Waals surface area contributed by atoms with Crippen molar-refractivity contribution in [3.63, 3.8) is 0 Å². The Bertz CT molecular complexity index is 3160. The van der Waals surface area contributed by atoms with Crippen LogP contribution in [0.4, 0.5) is 17.1 Å². The maximum Gasteiger partial charge on any atom is 0.227 e. The van der Waals surface area contributed by atoms with Crippen molar-refractivity contribution < 1.29 is 13.3 Å². The Labute approximate surface area is 309 Å². The average molecular weight is 695 g/mol. The summed E-state index contributed by atoms with van der Waals surface area (Å²) in [5, 5.41) is 4.02. The van der Waals surface area contributed by atoms with Gasteiger partial charge in [-0.1, -0.05) is 121 Å². The van der Waals surface area contributed by atoms with Crippen LogP contribution in [0.1, 0.15) is 0 Å². The van der Waals surface area contributed by atoms with Crippen LogP contribution < -0.4 is 4.90 Å². The molecule has 0 saturated heterocycles. The van der Waals surface area contributed by atoms with Crippen molar-refractivity contribution in [3.8, 4) is 33.7 Å². The van der Waals surface area contributed by atoms with E-state index in [-0.39, 0.29) is 0 Å². The molecule has 0 bridgehead atoms. The molecule has 5 nitrogen and oxygen atoms in total. The highest BCUT2D eigenvalue weighted by atomic mass is 16.4. The average Bonchev–Trinajstić information content (AvgIpc) is 3.95. The molecule has 0 saturated carbocycles. The summed E-state index contributed by atoms with van der Waals surface area (Å²) in [6.45, 7) is 0. The summed E-state index contributed by atoms with van der Waals surface area (Å²) in [7, 11) is 0. The second-order valence-electron chi connectivity index (χ2n) is 13.5. The molecule has 0 aliphatic rings. The van der Waals surface area contributed by atoms with E-state index in [9.17, 15) is 0 Å². The van der Waals surface area contributed by atoms with Crippen molar-refractivity contribution >= 4 is 72.0 Å². The Kier molecular flexibility index (Phi) is 6.79. The van der Waals surface area contributed by atoms with Crippen LogP contribution in [0.2, 0.25) is 0 Å². The number of furan rings is 2. The molecule has 254 valence electrons. The molecular weight excluding hydrogens is 665 g/mol. The lowest BCUT2D eigenvalue weighted by Gasteiger charge is -2.27. The molecule has 11 aromatic rings. The molecule has 3 heterocycles. The Morgan fingerprint density at radius 1 is 0.389 bits per heavy atom. The van der Waals surface area contributed by atoms with E-state index in [4.69, 9.17) is 18.2 Å². The normalized spacial score (nSPS) is 11.7. The van der Waals surface area contributed by atoms with Gasteiger partial charge in [0.05, 0.1) is 5.39 Å². The highest BCUT2D eigenvalue weighted by Crippen LogP contribution is 2.50. The molecule has 11 rings (SSSR count). The van der Waals surface area contributed by atoms with Gasteiger partial charge >= 0.3 is 0 Å². The van der Waals surface area contributed by atoms with Crippen molar-refractivity contribution in [2.45, 2.75) is 0 Å². The van der Waals surface area contributed by atoms with E-state index in [1.807, 2.05) is 60.7 Å². The molecule has 5 heteroatoms. The Morgan fingerprint density at radius 3 is 1.69 bits per heavy atom. The monoisotopic (exact) mass is 694 g/mol. The fourth-order valence-electron chi connectivity index (χ4n) is 7.82. The lowest BCUT2D eigenvalue weighted by atomic mass is 9.93. The van der Waals surface area contributed by atoms with E-state index in [1.165, 1.54) is 0 Å². The van der Waals surface area contributed by atoms with E-state index >= 15 is 0 Å². The summed E-state index contributed by atoms with van der Waals surface area (Å²) < 4.78 is 19.8. The van der Waals surface area contributed by atoms with Gasteiger partial charge in [-0.15, -0.1) is 0 Å². The summed E-state index contributed by atoms with van der Waals surface area (Å²) in [6.07, 6.45) is 0. The molecule has 0 aliphatic heterocycles. The van der Waals surface area contributed by atoms with Crippen molar-refractivity contribution in [3.05, 3.63) is 182 Å². The van der Waals surface area contributed by atoms with Crippen molar-refractivity contribution in [1.82, 2.24) is 4.98 Å². The first-order valence-corrected chi connectivity index (χ1v) is 18.0. The summed E-state index contributed by atoms with van der Waals surface area (Å²) in [5.74, 6) is 0.546. The van der Waals surface area contributed by atoms with E-state index in [2.05, 4.69) is 126 Å². The first-order chi connectivity index (χ1) is 26.8. The first kappa shape index (κ1) is 30.3. The predicted molar refractivity (Wildman–Crippen MR) is 220 cm³/mol. The molecule has 0 amide bonds. The van der Waals surface area contributed by atoms with Crippen molar-refractivity contribution in [2.24, 2.45) is 0 Å². The number of para-hydroxylation sites is 2. The van der Waals surface area contributed by atoms with Crippen LogP contribution in [0, 0.1) is 0 Å². The lowest BCUT2D eigenvalue weighted by molar-refractivity contribution is 0.620. The summed E-state index contributed by atoms with van der Waals surface area (Å²) in [6, 6.07) is 62.7. The number of rotatable bonds is 6. The SMILES string of the molecule is c1ccc(-c2nc3cc4oc5ccccc5c4c(N(c4ccc(-c5ccccc5)c(-c5ccccc5)c4)c4ccc5oc6ccccc6c5c4)c3o2)cc1. The number of aromatic nitrogens is 1. The van der Waals surface area contributed by atoms with E-state index in [0.717, 1.165) is 88.8 Å². The lowest BCUT2D eigenvalue weighted by Crippen LogP contribution is -2.11. The fourth-order valence-corrected chi connectivity index (χ4v) is 7.82. The van der Waals surface area contributed by atoms with Gasteiger partial charge in [-0.25, -0.2) is 4.98 Å². The van der Waals surface area contributed by atoms with Gasteiger partial charge in [-0.05, 0) is 76.9 Å². The van der Waals surface area contributed by atoms with Gasteiger partial charge in [0, 0.05) is 39.2 Å². The molecule has 54 heavy (non-hydrogen) atoms. The van der Waals surface area contributed by atoms with Crippen LogP contribution in [0.5, 0.6) is 0 Å². The van der Waals surface area contributed by atoms with Crippen LogP contribution in [0.25, 0.3) is 88.7 Å². The van der Waals surface area contributed by atoms with Gasteiger partial charge in [0.2, 0.25) is 5.89 Å². The molecule has 0 atom stereocenters. The zero-order chi connectivity index (χ0) is 35.6. The van der Waals surface area contributed by atoms with Gasteiger partial charge in [0.15, 0.2) is 5.58 Å². The Hall–Kier alpha value is -7.37. The molecule has 0 fully saturated rings. The number of fused-ring (bicyclic) bond motifs is 7. The number of nitrogens with zero attached hydrogens (tertiary/aromatic N) is 2. The minimum absolute atomic E-state index is 0.546. The maximum atomic E-state index is 6.87. The number of hydrogen-bond acceptors (Lipinski definition) is 5. The highest BCUT2D eigenvalue weighted by Gasteiger charge is 2.27. The number of anilines is 3. The van der Waals surface area contributed by atoms with E-state index in [1.54, 1.807) is 0 Å². The van der Waals surface area contributed by atoms with Gasteiger partial charge in [0.1, 0.15) is 33.5 Å². The van der Waals surface area contributed by atoms with Gasteiger partial charge < -0.3 is 18.2 Å². The van der Waals surface area contributed by atoms with Crippen LogP contribution >= 0.6 is 0 Å². The molecule has 8 aromatic carbocycles. The van der Waals surface area contributed by atoms with Crippen LogP contribution in [-0.2, 0) is 0 Å². The van der Waals surface area contributed by atoms with Crippen LogP contribution in [0.3, 0.4) is 0 Å². The largest absolute Gasteiger partial charge is 0.456 e. The summed E-state index contributed by atoms with van der Waals surface area (Å²) >= 11 is 0. The molecule has 0 radical (unpaired) electrons. The zero-order valence-electron chi connectivity index (χ0n) is 28.9. The Morgan fingerprint density at radius 2 is 0.944 bits per heavy atom. The minimum atomic E-state index is 0.546. The molecule has 0 unspecified atom stereocenters. The summed E-state index contributed by atoms with van der Waals surface area (Å²) in [4.78, 5) is 7.37. The number of hydrogen-bond donors (Lipinski definition) is 0. The van der Waals surface area contributed by atoms with E-state index < -0.39 is 0 Å². The molecule has 3 aromatic heterocycles. The smallest absolute Gasteiger partial charge is 0.227 e. The van der Waals surface area contributed by atoms with Crippen LogP contribution in [-0.4, -0.2) is 4.98 Å². The van der Waals surface area contributed by atoms with Gasteiger partial charge in [0.25, 0.3) is 0 Å². The third-order valence-electron chi connectivity index (χ3n) is 10.3. The topological polar surface area (TPSA) is 55.6 Å². The molecule has 0 spiro atoms. The van der Waals surface area contributed by atoms with Crippen molar-refractivity contribution in [1.29, 1.82) is 0 Å². The van der Waals surface area contributed by atoms with E-state index in [0.29, 0.717) is 17.0 Å². The van der Waals surface area contributed by atoms with Gasteiger partial charge in [-0.2, -0.15) is 0 Å². The molecule has 0 aliphatic carbocycles. The highest BCUT2D eigenvalue weighted by molar-refractivity contribution is 6.20. The quantitative estimate of drug-likeness (QED) is 0.173. The second-order valence-corrected chi connectivity index (χ2v) is 13.5. The molecule has 0 N–H and O–H groups in total. The standard InChI is InChI=1S/C49H30N2O3/c1-4-14-31(15-5-1)36-26-24-34(28-39(36)32-16-6-2-7-17-32)51(35-25-27-44-40(29-35)37-20-10-12-22-42(37)52-44)47-46-38-21-11-13-23-43(38)53-45(46)30-41-48(47)54-49(50-41)33-18-8-3-9-19-33/h1-30H. The minimum Gasteiger partial charge on any atom is -0.456 e. The number of benzene rings is 8. The van der Waals surface area contributed by atoms with Crippen LogP contribution in [0.15, 0.2) is 195 Å². The third-order valence-corrected chi connectivity index (χ3v) is 10.3. The first-order valence-electron chi connectivity index (χ1n) is 18.0. The second kappa shape index (κ2) is 12.1. The fraction of sp³-hybridized carbons (Fsp3) is 0. The Balaban J connectivity index is 1.27. The summed E-state index contributed by atoms with van der Waals surface area (Å²) in [5.41, 5.74) is 12.8. The molecular formula is C49H30N2O3. The zero-order valence-corrected chi connectivity index (χ0v) is 28.9. The maximum absolute atomic E-state index is 6.87.